The molecule has 0 bridgehead atoms. The Bertz CT molecular complexity index is 465. The molecule has 1 rings (SSSR count). The van der Waals surface area contributed by atoms with Gasteiger partial charge in [-0.15, -0.1) is 0 Å². The molecule has 0 aromatic carbocycles. The van der Waals surface area contributed by atoms with E-state index in [0.29, 0.717) is 12.3 Å². The average molecular weight is 315 g/mol. The lowest BCUT2D eigenvalue weighted by Gasteiger charge is -2.21. The van der Waals surface area contributed by atoms with Crippen molar-refractivity contribution in [3.8, 4) is 0 Å². The lowest BCUT2D eigenvalue weighted by Crippen LogP contribution is -2.41. The van der Waals surface area contributed by atoms with E-state index >= 15 is 0 Å². The van der Waals surface area contributed by atoms with Gasteiger partial charge in [0.05, 0.1) is 6.04 Å². The van der Waals surface area contributed by atoms with Crippen LogP contribution < -0.4 is 5.32 Å². The lowest BCUT2D eigenvalue weighted by molar-refractivity contribution is 0.154. The quantitative estimate of drug-likeness (QED) is 0.825. The number of allylic oxidation sites excluding steroid dienone is 2. The Labute approximate surface area is 130 Å². The van der Waals surface area contributed by atoms with Crippen LogP contribution in [0.1, 0.15) is 33.6 Å². The largest absolute Gasteiger partial charge is 0.371 e. The van der Waals surface area contributed by atoms with Crippen LogP contribution >= 0.6 is 0 Å². The molecule has 2 atom stereocenters. The standard InChI is InChI=1S/C16H24F3N3/c1-4-12(2)20-14-9-7-5-6-8-13(3)21-15(22-14)16(19,10-17)11-18/h5-8,12-13H,4,9-11H2,1-3H3,(H,20,21,22)/b7-5-,8-6-. The molecule has 0 aliphatic carbocycles. The summed E-state index contributed by atoms with van der Waals surface area (Å²) in [7, 11) is 0. The van der Waals surface area contributed by atoms with Crippen LogP contribution in [0.4, 0.5) is 13.2 Å². The van der Waals surface area contributed by atoms with E-state index in [1.807, 2.05) is 26.0 Å². The second-order valence-electron chi connectivity index (χ2n) is 5.46. The van der Waals surface area contributed by atoms with E-state index in [4.69, 9.17) is 0 Å². The van der Waals surface area contributed by atoms with Crippen molar-refractivity contribution in [2.24, 2.45) is 9.98 Å². The Kier molecular flexibility index (Phi) is 7.35. The predicted octanol–water partition coefficient (Wildman–Crippen LogP) is 3.72. The second-order valence-corrected chi connectivity index (χ2v) is 5.46. The zero-order valence-electron chi connectivity index (χ0n) is 13.3. The molecule has 124 valence electrons. The van der Waals surface area contributed by atoms with Crippen molar-refractivity contribution in [3.63, 3.8) is 0 Å². The zero-order valence-corrected chi connectivity index (χ0v) is 13.3. The summed E-state index contributed by atoms with van der Waals surface area (Å²) < 4.78 is 40.4. The van der Waals surface area contributed by atoms with E-state index in [2.05, 4.69) is 15.3 Å². The molecule has 0 amide bonds. The SMILES string of the molecule is CCC(C)N/C1=N/C(C(F)(CF)CF)=N\C(C)/C=C\C=C/C1. The third kappa shape index (κ3) is 5.31. The number of aliphatic imine (C=N–C) groups is 2. The van der Waals surface area contributed by atoms with Crippen molar-refractivity contribution < 1.29 is 13.2 Å². The van der Waals surface area contributed by atoms with Gasteiger partial charge in [-0.05, 0) is 20.3 Å². The van der Waals surface area contributed by atoms with Gasteiger partial charge in [-0.1, -0.05) is 31.2 Å². The first-order valence-corrected chi connectivity index (χ1v) is 7.51. The minimum absolute atomic E-state index is 0.120. The third-order valence-corrected chi connectivity index (χ3v) is 3.36. The summed E-state index contributed by atoms with van der Waals surface area (Å²) in [6, 6.07) is -0.298. The monoisotopic (exact) mass is 315 g/mol. The summed E-state index contributed by atoms with van der Waals surface area (Å²) in [5, 5.41) is 3.13. The van der Waals surface area contributed by atoms with Crippen molar-refractivity contribution in [2.75, 3.05) is 13.3 Å². The highest BCUT2D eigenvalue weighted by Crippen LogP contribution is 2.19. The fourth-order valence-electron chi connectivity index (χ4n) is 1.77. The summed E-state index contributed by atoms with van der Waals surface area (Å²) in [6.45, 7) is 2.68. The van der Waals surface area contributed by atoms with E-state index < -0.39 is 30.9 Å². The number of nitrogens with zero attached hydrogens (tertiary/aromatic N) is 2. The van der Waals surface area contributed by atoms with E-state index in [1.165, 1.54) is 0 Å². The van der Waals surface area contributed by atoms with Gasteiger partial charge in [0.1, 0.15) is 19.2 Å². The van der Waals surface area contributed by atoms with Crippen LogP contribution in [-0.4, -0.2) is 42.8 Å². The first-order valence-electron chi connectivity index (χ1n) is 7.51. The highest BCUT2D eigenvalue weighted by molar-refractivity contribution is 6.02. The number of amidine groups is 2. The van der Waals surface area contributed by atoms with Crippen LogP contribution in [-0.2, 0) is 0 Å². The molecule has 22 heavy (non-hydrogen) atoms. The highest BCUT2D eigenvalue weighted by Gasteiger charge is 2.37. The molecule has 0 fully saturated rings. The fourth-order valence-corrected chi connectivity index (χ4v) is 1.77. The predicted molar refractivity (Wildman–Crippen MR) is 85.9 cm³/mol. The molecular formula is C16H24F3N3. The molecule has 2 unspecified atom stereocenters. The number of halogens is 3. The van der Waals surface area contributed by atoms with Gasteiger partial charge < -0.3 is 5.32 Å². The molecule has 6 heteroatoms. The van der Waals surface area contributed by atoms with Crippen LogP contribution in [0.3, 0.4) is 0 Å². The van der Waals surface area contributed by atoms with Crippen LogP contribution in [0.15, 0.2) is 34.3 Å². The van der Waals surface area contributed by atoms with Gasteiger partial charge in [0, 0.05) is 12.5 Å². The van der Waals surface area contributed by atoms with Gasteiger partial charge in [-0.2, -0.15) is 0 Å². The average Bonchev–Trinajstić information content (AvgIpc) is 2.52. The number of alkyl halides is 3. The Morgan fingerprint density at radius 3 is 2.64 bits per heavy atom. The van der Waals surface area contributed by atoms with Crippen molar-refractivity contribution >= 4 is 11.7 Å². The second kappa shape index (κ2) is 8.76. The minimum atomic E-state index is -2.80. The molecule has 1 aliphatic heterocycles. The molecule has 1 heterocycles. The first-order chi connectivity index (χ1) is 10.4. The summed E-state index contributed by atoms with van der Waals surface area (Å²) >= 11 is 0. The molecule has 0 aromatic heterocycles. The van der Waals surface area contributed by atoms with E-state index in [0.717, 1.165) is 6.42 Å². The molecule has 0 aromatic rings. The maximum absolute atomic E-state index is 14.4. The van der Waals surface area contributed by atoms with E-state index in [-0.39, 0.29) is 6.04 Å². The van der Waals surface area contributed by atoms with Gasteiger partial charge >= 0.3 is 0 Å². The Balaban J connectivity index is 3.23. The molecule has 0 saturated heterocycles. The molecular weight excluding hydrogens is 291 g/mol. The van der Waals surface area contributed by atoms with Crippen molar-refractivity contribution in [2.45, 2.75) is 51.4 Å². The number of nitrogens with one attached hydrogen (secondary N) is 1. The van der Waals surface area contributed by atoms with Crippen LogP contribution in [0.2, 0.25) is 0 Å². The Hall–Kier alpha value is -1.59. The van der Waals surface area contributed by atoms with E-state index in [1.54, 1.807) is 19.1 Å². The molecule has 3 nitrogen and oxygen atoms in total. The topological polar surface area (TPSA) is 36.8 Å². The molecule has 0 saturated carbocycles. The van der Waals surface area contributed by atoms with Crippen LogP contribution in [0, 0.1) is 0 Å². The fraction of sp³-hybridized carbons (Fsp3) is 0.625. The van der Waals surface area contributed by atoms with Gasteiger partial charge in [-0.25, -0.2) is 18.2 Å². The summed E-state index contributed by atoms with van der Waals surface area (Å²) in [6.07, 6.45) is 8.46. The minimum Gasteiger partial charge on any atom is -0.371 e. The Morgan fingerprint density at radius 2 is 2.05 bits per heavy atom. The normalized spacial score (nSPS) is 28.7. The van der Waals surface area contributed by atoms with Crippen LogP contribution in [0.5, 0.6) is 0 Å². The number of hydrogen-bond donors (Lipinski definition) is 1. The van der Waals surface area contributed by atoms with Gasteiger partial charge in [0.2, 0.25) is 5.67 Å². The molecule has 1 N–H and O–H groups in total. The highest BCUT2D eigenvalue weighted by atomic mass is 19.2. The van der Waals surface area contributed by atoms with Gasteiger partial charge in [-0.3, -0.25) is 4.99 Å². The van der Waals surface area contributed by atoms with Gasteiger partial charge in [0.25, 0.3) is 0 Å². The maximum atomic E-state index is 14.4. The molecule has 1 aliphatic rings. The summed E-state index contributed by atoms with van der Waals surface area (Å²) in [4.78, 5) is 8.15. The summed E-state index contributed by atoms with van der Waals surface area (Å²) in [5.41, 5.74) is -2.80. The number of rotatable bonds is 5. The lowest BCUT2D eigenvalue weighted by atomic mass is 10.1. The first kappa shape index (κ1) is 18.5. The zero-order chi connectivity index (χ0) is 16.6. The molecule has 0 radical (unpaired) electrons. The number of hydrogen-bond acceptors (Lipinski definition) is 3. The third-order valence-electron chi connectivity index (χ3n) is 3.36. The van der Waals surface area contributed by atoms with Gasteiger partial charge in [0.15, 0.2) is 5.84 Å². The van der Waals surface area contributed by atoms with Crippen molar-refractivity contribution in [1.29, 1.82) is 0 Å². The van der Waals surface area contributed by atoms with Crippen molar-refractivity contribution in [1.82, 2.24) is 5.32 Å². The Morgan fingerprint density at radius 1 is 1.36 bits per heavy atom. The smallest absolute Gasteiger partial charge is 0.225 e. The van der Waals surface area contributed by atoms with Crippen molar-refractivity contribution in [3.05, 3.63) is 24.3 Å². The molecule has 0 spiro atoms. The van der Waals surface area contributed by atoms with Crippen LogP contribution in [0.25, 0.3) is 0 Å². The van der Waals surface area contributed by atoms with E-state index in [9.17, 15) is 13.2 Å². The summed E-state index contributed by atoms with van der Waals surface area (Å²) in [5.74, 6) is 0.0199. The maximum Gasteiger partial charge on any atom is 0.225 e.